The van der Waals surface area contributed by atoms with Crippen LogP contribution in [0.15, 0.2) is 43.0 Å². The minimum Gasteiger partial charge on any atom is -0.379 e. The fourth-order valence-electron chi connectivity index (χ4n) is 5.07. The van der Waals surface area contributed by atoms with Gasteiger partial charge in [0, 0.05) is 69.1 Å². The molecule has 8 heteroatoms. The molecule has 1 aromatic carbocycles. The lowest BCUT2D eigenvalue weighted by Gasteiger charge is -2.45. The van der Waals surface area contributed by atoms with Gasteiger partial charge in [-0.15, -0.1) is 0 Å². The molecule has 0 radical (unpaired) electrons. The highest BCUT2D eigenvalue weighted by atomic mass is 35.5. The number of amides is 1. The first-order valence-electron chi connectivity index (χ1n) is 12.2. The first-order chi connectivity index (χ1) is 16.2. The number of aromatic nitrogens is 2. The molecule has 0 saturated carbocycles. The summed E-state index contributed by atoms with van der Waals surface area (Å²) in [5.74, 6) is 0.650. The smallest absolute Gasteiger partial charge is 0.220 e. The number of nitrogens with one attached hydrogen (secondary N) is 1. The molecule has 4 rings (SSSR count). The zero-order chi connectivity index (χ0) is 22.9. The summed E-state index contributed by atoms with van der Waals surface area (Å²) in [6.07, 6.45) is 9.11. The van der Waals surface area contributed by atoms with E-state index in [9.17, 15) is 4.79 Å². The molecule has 1 aromatic heterocycles. The Balaban J connectivity index is 1.27. The molecule has 7 nitrogen and oxygen atoms in total. The predicted molar refractivity (Wildman–Crippen MR) is 130 cm³/mol. The Labute approximate surface area is 202 Å². The largest absolute Gasteiger partial charge is 0.379 e. The predicted octanol–water partition coefficient (Wildman–Crippen LogP) is 3.05. The van der Waals surface area contributed by atoms with Gasteiger partial charge in [0.15, 0.2) is 0 Å². The van der Waals surface area contributed by atoms with E-state index in [-0.39, 0.29) is 5.91 Å². The number of rotatable bonds is 10. The third-order valence-electron chi connectivity index (χ3n) is 6.83. The van der Waals surface area contributed by atoms with Crippen LogP contribution in [0.25, 0.3) is 0 Å². The molecule has 3 heterocycles. The summed E-state index contributed by atoms with van der Waals surface area (Å²) in [6.45, 7) is 8.25. The lowest BCUT2D eigenvalue weighted by atomic mass is 9.86. The fraction of sp³-hybridized carbons (Fsp3) is 0.600. The van der Waals surface area contributed by atoms with Crippen molar-refractivity contribution in [1.29, 1.82) is 0 Å². The van der Waals surface area contributed by atoms with E-state index >= 15 is 0 Å². The van der Waals surface area contributed by atoms with E-state index in [2.05, 4.69) is 32.2 Å². The summed E-state index contributed by atoms with van der Waals surface area (Å²) in [7, 11) is 0. The molecule has 0 bridgehead atoms. The molecule has 2 aliphatic heterocycles. The summed E-state index contributed by atoms with van der Waals surface area (Å²) in [4.78, 5) is 21.7. The van der Waals surface area contributed by atoms with E-state index in [1.54, 1.807) is 6.20 Å². The molecule has 2 atom stereocenters. The summed E-state index contributed by atoms with van der Waals surface area (Å²) < 4.78 is 7.62. The van der Waals surface area contributed by atoms with Crippen molar-refractivity contribution in [2.24, 2.45) is 5.92 Å². The van der Waals surface area contributed by atoms with Crippen molar-refractivity contribution >= 4 is 17.5 Å². The van der Waals surface area contributed by atoms with Gasteiger partial charge in [-0.3, -0.25) is 14.6 Å². The molecule has 2 aliphatic rings. The number of imidazole rings is 1. The highest BCUT2D eigenvalue weighted by Crippen LogP contribution is 2.28. The number of benzene rings is 1. The summed E-state index contributed by atoms with van der Waals surface area (Å²) >= 11 is 6.05. The number of likely N-dealkylation sites (tertiary alicyclic amines) is 1. The minimum absolute atomic E-state index is 0.163. The average Bonchev–Trinajstić information content (AvgIpc) is 3.36. The van der Waals surface area contributed by atoms with Gasteiger partial charge in [-0.2, -0.15) is 0 Å². The van der Waals surface area contributed by atoms with E-state index in [1.165, 1.54) is 5.56 Å². The molecule has 2 fully saturated rings. The average molecular weight is 474 g/mol. The monoisotopic (exact) mass is 473 g/mol. The number of hydrogen-bond acceptors (Lipinski definition) is 5. The molecular formula is C25H36ClN5O2. The quantitative estimate of drug-likeness (QED) is 0.537. The molecule has 180 valence electrons. The van der Waals surface area contributed by atoms with Gasteiger partial charge in [0.1, 0.15) is 0 Å². The van der Waals surface area contributed by atoms with Crippen LogP contribution in [0.3, 0.4) is 0 Å². The van der Waals surface area contributed by atoms with Crippen LogP contribution in [0.2, 0.25) is 5.02 Å². The van der Waals surface area contributed by atoms with Crippen LogP contribution in [0.1, 0.15) is 31.2 Å². The Bertz CT molecular complexity index is 839. The van der Waals surface area contributed by atoms with Crippen molar-refractivity contribution in [3.8, 4) is 0 Å². The van der Waals surface area contributed by atoms with E-state index in [4.69, 9.17) is 16.3 Å². The molecule has 1 N–H and O–H groups in total. The minimum atomic E-state index is 0.163. The van der Waals surface area contributed by atoms with Crippen LogP contribution in [0, 0.1) is 5.92 Å². The lowest BCUT2D eigenvalue weighted by molar-refractivity contribution is -0.121. The number of ether oxygens (including phenoxy) is 1. The number of morpholine rings is 1. The van der Waals surface area contributed by atoms with Gasteiger partial charge in [-0.1, -0.05) is 23.7 Å². The van der Waals surface area contributed by atoms with Crippen LogP contribution in [-0.4, -0.2) is 77.2 Å². The van der Waals surface area contributed by atoms with Crippen LogP contribution in [-0.2, 0) is 22.6 Å². The fourth-order valence-corrected chi connectivity index (χ4v) is 5.20. The number of carbonyl (C=O) groups excluding carboxylic acids is 1. The molecule has 2 aromatic rings. The van der Waals surface area contributed by atoms with Crippen molar-refractivity contribution < 1.29 is 9.53 Å². The van der Waals surface area contributed by atoms with Gasteiger partial charge < -0.3 is 14.6 Å². The number of halogens is 1. The normalized spacial score (nSPS) is 22.3. The lowest BCUT2D eigenvalue weighted by Crippen LogP contribution is -2.54. The zero-order valence-corrected chi connectivity index (χ0v) is 20.1. The molecule has 33 heavy (non-hydrogen) atoms. The van der Waals surface area contributed by atoms with Crippen molar-refractivity contribution in [3.05, 3.63) is 53.6 Å². The van der Waals surface area contributed by atoms with Crippen LogP contribution in [0.5, 0.6) is 0 Å². The van der Waals surface area contributed by atoms with Crippen LogP contribution >= 0.6 is 11.6 Å². The maximum absolute atomic E-state index is 12.5. The number of hydrogen-bond donors (Lipinski definition) is 1. The van der Waals surface area contributed by atoms with E-state index in [0.29, 0.717) is 24.9 Å². The van der Waals surface area contributed by atoms with Gasteiger partial charge >= 0.3 is 0 Å². The van der Waals surface area contributed by atoms with Crippen LogP contribution < -0.4 is 5.32 Å². The standard InChI is InChI=1S/C25H36ClN5O2/c26-23-5-2-21(3-6-23)18-30-12-8-24(31-14-16-33-17-15-31)22(19-30)4-7-25(32)28-9-1-11-29-13-10-27-20-29/h2-3,5-6,10,13,20,22,24H,1,4,7-9,11-12,14-19H2,(H,28,32)/t22-,24+/m1/s1. The third-order valence-corrected chi connectivity index (χ3v) is 7.08. The third kappa shape index (κ3) is 7.54. The maximum Gasteiger partial charge on any atom is 0.220 e. The first kappa shape index (κ1) is 24.2. The highest BCUT2D eigenvalue weighted by molar-refractivity contribution is 6.30. The first-order valence-corrected chi connectivity index (χ1v) is 12.6. The second-order valence-corrected chi connectivity index (χ2v) is 9.61. The molecule has 0 spiro atoms. The summed E-state index contributed by atoms with van der Waals surface area (Å²) in [5, 5.41) is 3.88. The van der Waals surface area contributed by atoms with Gasteiger partial charge in [0.25, 0.3) is 0 Å². The number of nitrogens with zero attached hydrogens (tertiary/aromatic N) is 4. The van der Waals surface area contributed by atoms with E-state index in [0.717, 1.165) is 76.8 Å². The molecule has 1 amide bonds. The van der Waals surface area contributed by atoms with Gasteiger partial charge in [-0.25, -0.2) is 4.98 Å². The molecule has 0 aliphatic carbocycles. The second kappa shape index (κ2) is 12.5. The van der Waals surface area contributed by atoms with Gasteiger partial charge in [0.2, 0.25) is 5.91 Å². The Kier molecular flexibility index (Phi) is 9.17. The topological polar surface area (TPSA) is 62.6 Å². The Morgan fingerprint density at radius 1 is 1.18 bits per heavy atom. The van der Waals surface area contributed by atoms with E-state index in [1.807, 2.05) is 29.2 Å². The van der Waals surface area contributed by atoms with Crippen molar-refractivity contribution in [2.75, 3.05) is 45.9 Å². The molecular weight excluding hydrogens is 438 g/mol. The number of piperidine rings is 1. The van der Waals surface area contributed by atoms with Crippen molar-refractivity contribution in [3.63, 3.8) is 0 Å². The number of carbonyl (C=O) groups is 1. The van der Waals surface area contributed by atoms with Crippen LogP contribution in [0.4, 0.5) is 0 Å². The molecule has 2 saturated heterocycles. The maximum atomic E-state index is 12.5. The molecule has 0 unspecified atom stereocenters. The highest BCUT2D eigenvalue weighted by Gasteiger charge is 2.34. The SMILES string of the molecule is O=C(CC[C@@H]1CN(Cc2ccc(Cl)cc2)CC[C@@H]1N1CCOCC1)NCCCn1ccnc1. The van der Waals surface area contributed by atoms with Gasteiger partial charge in [-0.05, 0) is 49.4 Å². The summed E-state index contributed by atoms with van der Waals surface area (Å²) in [6, 6.07) is 8.69. The second-order valence-electron chi connectivity index (χ2n) is 9.17. The summed E-state index contributed by atoms with van der Waals surface area (Å²) in [5.41, 5.74) is 1.29. The van der Waals surface area contributed by atoms with Crippen molar-refractivity contribution in [2.45, 2.75) is 44.8 Å². The zero-order valence-electron chi connectivity index (χ0n) is 19.4. The van der Waals surface area contributed by atoms with Gasteiger partial charge in [0.05, 0.1) is 19.5 Å². The van der Waals surface area contributed by atoms with E-state index < -0.39 is 0 Å². The Morgan fingerprint density at radius 2 is 2.00 bits per heavy atom. The Morgan fingerprint density at radius 3 is 2.76 bits per heavy atom. The van der Waals surface area contributed by atoms with Crippen molar-refractivity contribution in [1.82, 2.24) is 24.7 Å². The Hall–Kier alpha value is -1.93. The number of aryl methyl sites for hydroxylation is 1.